The monoisotopic (exact) mass is 396 g/mol. The molecule has 4 aromatic rings. The summed E-state index contributed by atoms with van der Waals surface area (Å²) in [6.45, 7) is 0.501. The Morgan fingerprint density at radius 1 is 0.767 bits per heavy atom. The van der Waals surface area contributed by atoms with E-state index in [1.165, 1.54) is 6.20 Å². The highest BCUT2D eigenvalue weighted by atomic mass is 16.2. The van der Waals surface area contributed by atoms with Crippen molar-refractivity contribution in [3.63, 3.8) is 0 Å². The number of fused-ring (bicyclic) bond motifs is 1. The third-order valence-corrected chi connectivity index (χ3v) is 4.64. The molecule has 0 radical (unpaired) electrons. The van der Waals surface area contributed by atoms with Crippen molar-refractivity contribution < 1.29 is 9.59 Å². The van der Waals surface area contributed by atoms with Crippen LogP contribution in [0.5, 0.6) is 0 Å². The van der Waals surface area contributed by atoms with E-state index in [9.17, 15) is 9.59 Å². The maximum atomic E-state index is 12.7. The van der Waals surface area contributed by atoms with Crippen LogP contribution >= 0.6 is 0 Å². The molecule has 30 heavy (non-hydrogen) atoms. The average Bonchev–Trinajstić information content (AvgIpc) is 2.79. The van der Waals surface area contributed by atoms with Crippen LogP contribution in [0, 0.1) is 0 Å². The predicted octanol–water partition coefficient (Wildman–Crippen LogP) is 3.85. The van der Waals surface area contributed by atoms with Crippen LogP contribution < -0.4 is 10.6 Å². The molecule has 6 nitrogen and oxygen atoms in total. The van der Waals surface area contributed by atoms with Crippen LogP contribution in [0.15, 0.2) is 85.1 Å². The Kier molecular flexibility index (Phi) is 5.75. The lowest BCUT2D eigenvalue weighted by Crippen LogP contribution is -2.27. The third kappa shape index (κ3) is 4.50. The molecule has 4 rings (SSSR count). The fourth-order valence-electron chi connectivity index (χ4n) is 3.10. The molecule has 0 bridgehead atoms. The van der Waals surface area contributed by atoms with Crippen molar-refractivity contribution in [2.45, 2.75) is 6.42 Å². The van der Waals surface area contributed by atoms with Crippen LogP contribution in [0.1, 0.15) is 26.4 Å². The Morgan fingerprint density at radius 2 is 1.47 bits per heavy atom. The fraction of sp³-hybridized carbons (Fsp3) is 0.0833. The summed E-state index contributed by atoms with van der Waals surface area (Å²) in [7, 11) is 0. The number of amides is 2. The van der Waals surface area contributed by atoms with Gasteiger partial charge in [0.05, 0.1) is 28.5 Å². The number of rotatable bonds is 6. The molecule has 1 heterocycles. The van der Waals surface area contributed by atoms with Gasteiger partial charge < -0.3 is 10.6 Å². The van der Waals surface area contributed by atoms with Crippen LogP contribution in [0.2, 0.25) is 0 Å². The van der Waals surface area contributed by atoms with E-state index in [1.807, 2.05) is 48.5 Å². The predicted molar refractivity (Wildman–Crippen MR) is 116 cm³/mol. The van der Waals surface area contributed by atoms with Gasteiger partial charge in [0.15, 0.2) is 0 Å². The van der Waals surface area contributed by atoms with Gasteiger partial charge >= 0.3 is 0 Å². The summed E-state index contributed by atoms with van der Waals surface area (Å²) >= 11 is 0. The molecule has 0 aliphatic carbocycles. The number of nitrogens with one attached hydrogen (secondary N) is 2. The zero-order chi connectivity index (χ0) is 20.8. The van der Waals surface area contributed by atoms with Crippen molar-refractivity contribution in [2.24, 2.45) is 0 Å². The van der Waals surface area contributed by atoms with E-state index in [2.05, 4.69) is 20.6 Å². The molecule has 6 heteroatoms. The summed E-state index contributed by atoms with van der Waals surface area (Å²) in [5, 5.41) is 5.69. The maximum Gasteiger partial charge on any atom is 0.275 e. The molecule has 0 atom stereocenters. The summed E-state index contributed by atoms with van der Waals surface area (Å²) < 4.78 is 0. The molecule has 0 aliphatic rings. The second-order valence-corrected chi connectivity index (χ2v) is 6.74. The quantitative estimate of drug-likeness (QED) is 0.518. The van der Waals surface area contributed by atoms with Crippen molar-refractivity contribution in [1.29, 1.82) is 0 Å². The van der Waals surface area contributed by atoms with Gasteiger partial charge in [-0.3, -0.25) is 14.6 Å². The Hall–Kier alpha value is -4.06. The molecular weight excluding hydrogens is 376 g/mol. The van der Waals surface area contributed by atoms with Crippen LogP contribution in [0.25, 0.3) is 11.0 Å². The van der Waals surface area contributed by atoms with Crippen LogP contribution in [-0.4, -0.2) is 28.3 Å². The third-order valence-electron chi connectivity index (χ3n) is 4.64. The minimum atomic E-state index is -0.419. The van der Waals surface area contributed by atoms with E-state index in [-0.39, 0.29) is 11.6 Å². The molecule has 2 amide bonds. The number of aromatic nitrogens is 2. The summed E-state index contributed by atoms with van der Waals surface area (Å²) in [5.41, 5.74) is 3.51. The molecular formula is C24H20N4O2. The molecule has 2 N–H and O–H groups in total. The highest BCUT2D eigenvalue weighted by molar-refractivity contribution is 6.08. The van der Waals surface area contributed by atoms with Gasteiger partial charge in [-0.05, 0) is 36.2 Å². The van der Waals surface area contributed by atoms with Gasteiger partial charge in [0, 0.05) is 6.54 Å². The van der Waals surface area contributed by atoms with Gasteiger partial charge in [-0.15, -0.1) is 0 Å². The maximum absolute atomic E-state index is 12.7. The lowest BCUT2D eigenvalue weighted by molar-refractivity contribution is 0.0955. The molecule has 0 fully saturated rings. The fourth-order valence-corrected chi connectivity index (χ4v) is 3.10. The zero-order valence-electron chi connectivity index (χ0n) is 16.2. The summed E-state index contributed by atoms with van der Waals surface area (Å²) in [5.74, 6) is -0.663. The van der Waals surface area contributed by atoms with Gasteiger partial charge in [-0.25, -0.2) is 4.98 Å². The Balaban J connectivity index is 1.45. The Bertz CT molecular complexity index is 1190. The second-order valence-electron chi connectivity index (χ2n) is 6.74. The largest absolute Gasteiger partial charge is 0.352 e. The Labute approximate surface area is 174 Å². The van der Waals surface area contributed by atoms with Gasteiger partial charge in [0.25, 0.3) is 11.8 Å². The lowest BCUT2D eigenvalue weighted by atomic mass is 10.1. The molecule has 0 unspecified atom stereocenters. The van der Waals surface area contributed by atoms with E-state index in [0.717, 1.165) is 12.0 Å². The topological polar surface area (TPSA) is 84.0 Å². The number of nitrogens with zero attached hydrogens (tertiary/aromatic N) is 2. The number of carbonyl (C=O) groups is 2. The molecule has 0 saturated carbocycles. The first-order valence-electron chi connectivity index (χ1n) is 9.65. The highest BCUT2D eigenvalue weighted by Crippen LogP contribution is 2.17. The second kappa shape index (κ2) is 8.96. The van der Waals surface area contributed by atoms with Gasteiger partial charge in [0.1, 0.15) is 5.69 Å². The zero-order valence-corrected chi connectivity index (χ0v) is 16.2. The normalized spacial score (nSPS) is 10.5. The van der Waals surface area contributed by atoms with Gasteiger partial charge in [0.2, 0.25) is 0 Å². The first-order chi connectivity index (χ1) is 14.7. The van der Waals surface area contributed by atoms with E-state index in [1.54, 1.807) is 30.3 Å². The summed E-state index contributed by atoms with van der Waals surface area (Å²) in [6.07, 6.45) is 2.16. The molecule has 0 aliphatic heterocycles. The average molecular weight is 396 g/mol. The van der Waals surface area contributed by atoms with Crippen molar-refractivity contribution in [3.05, 3.63) is 102 Å². The molecule has 1 aromatic heterocycles. The van der Waals surface area contributed by atoms with E-state index in [4.69, 9.17) is 0 Å². The van der Waals surface area contributed by atoms with E-state index < -0.39 is 5.91 Å². The van der Waals surface area contributed by atoms with E-state index >= 15 is 0 Å². The van der Waals surface area contributed by atoms with Crippen LogP contribution in [0.3, 0.4) is 0 Å². The molecule has 148 valence electrons. The van der Waals surface area contributed by atoms with Crippen molar-refractivity contribution in [3.8, 4) is 0 Å². The lowest BCUT2D eigenvalue weighted by Gasteiger charge is -2.11. The first kappa shape index (κ1) is 19.3. The first-order valence-corrected chi connectivity index (χ1v) is 9.65. The van der Waals surface area contributed by atoms with Crippen molar-refractivity contribution in [2.75, 3.05) is 11.9 Å². The minimum absolute atomic E-state index is 0.188. The standard InChI is InChI=1S/C24H20N4O2/c29-23(25-15-14-17-8-2-1-3-9-17)18-10-4-5-11-19(18)28-24(30)22-16-26-20-12-6-7-13-21(20)27-22/h1-13,16H,14-15H2,(H,25,29)(H,28,30). The number of carbonyl (C=O) groups excluding carboxylic acids is 2. The Morgan fingerprint density at radius 3 is 2.30 bits per heavy atom. The number of anilines is 1. The highest BCUT2D eigenvalue weighted by Gasteiger charge is 2.15. The summed E-state index contributed by atoms with van der Waals surface area (Å²) in [4.78, 5) is 34.0. The van der Waals surface area contributed by atoms with Crippen LogP contribution in [0.4, 0.5) is 5.69 Å². The van der Waals surface area contributed by atoms with E-state index in [0.29, 0.717) is 28.8 Å². The van der Waals surface area contributed by atoms with Crippen molar-refractivity contribution in [1.82, 2.24) is 15.3 Å². The smallest absolute Gasteiger partial charge is 0.275 e. The van der Waals surface area contributed by atoms with Crippen molar-refractivity contribution >= 4 is 28.5 Å². The molecule has 0 spiro atoms. The number of benzene rings is 3. The molecule has 3 aromatic carbocycles. The number of hydrogen-bond donors (Lipinski definition) is 2. The number of para-hydroxylation sites is 3. The van der Waals surface area contributed by atoms with Crippen LogP contribution in [-0.2, 0) is 6.42 Å². The van der Waals surface area contributed by atoms with Gasteiger partial charge in [-0.1, -0.05) is 54.6 Å². The molecule has 0 saturated heterocycles. The summed E-state index contributed by atoms with van der Waals surface area (Å²) in [6, 6.07) is 24.2. The number of hydrogen-bond acceptors (Lipinski definition) is 4. The minimum Gasteiger partial charge on any atom is -0.352 e. The van der Waals surface area contributed by atoms with Gasteiger partial charge in [-0.2, -0.15) is 0 Å². The SMILES string of the molecule is O=C(Nc1ccccc1C(=O)NCCc1ccccc1)c1cnc2ccccc2n1.